The number of hydrogen-bond donors (Lipinski definition) is 2. The molecule has 2 aromatic carbocycles. The van der Waals surface area contributed by atoms with Crippen LogP contribution in [0.5, 0.6) is 0 Å². The fraction of sp³-hybridized carbons (Fsp3) is 0.200. The average molecular weight is 494 g/mol. The number of alkyl halides is 6. The summed E-state index contributed by atoms with van der Waals surface area (Å²) in [6.45, 7) is 0. The zero-order valence-electron chi connectivity index (χ0n) is 16.4. The van der Waals surface area contributed by atoms with Crippen molar-refractivity contribution in [1.82, 2.24) is 0 Å². The van der Waals surface area contributed by atoms with E-state index in [1.807, 2.05) is 0 Å². The second-order valence-corrected chi connectivity index (χ2v) is 6.48. The highest BCUT2D eigenvalue weighted by atomic mass is 19.4. The van der Waals surface area contributed by atoms with Crippen molar-refractivity contribution in [1.29, 1.82) is 0 Å². The van der Waals surface area contributed by atoms with Gasteiger partial charge in [0.25, 0.3) is 0 Å². The smallest absolute Gasteiger partial charge is 0.416 e. The first kappa shape index (κ1) is 26.2. The molecule has 0 saturated heterocycles. The first-order valence-corrected chi connectivity index (χ1v) is 8.83. The van der Waals surface area contributed by atoms with Crippen molar-refractivity contribution in [3.8, 4) is 0 Å². The van der Waals surface area contributed by atoms with Crippen LogP contribution in [0.25, 0.3) is 0 Å². The lowest BCUT2D eigenvalue weighted by molar-refractivity contribution is -0.166. The van der Waals surface area contributed by atoms with Crippen molar-refractivity contribution >= 4 is 23.9 Å². The normalized spacial score (nSPS) is 13.5. The van der Waals surface area contributed by atoms with Gasteiger partial charge in [-0.15, -0.1) is 0 Å². The molecule has 0 aliphatic carbocycles. The van der Waals surface area contributed by atoms with Gasteiger partial charge in [-0.3, -0.25) is 0 Å². The van der Waals surface area contributed by atoms with Crippen LogP contribution < -0.4 is 0 Å². The van der Waals surface area contributed by atoms with Gasteiger partial charge in [-0.25, -0.2) is 19.2 Å². The Labute approximate surface area is 185 Å². The van der Waals surface area contributed by atoms with Crippen molar-refractivity contribution in [2.45, 2.75) is 24.6 Å². The van der Waals surface area contributed by atoms with E-state index in [0.717, 1.165) is 0 Å². The van der Waals surface area contributed by atoms with Crippen molar-refractivity contribution in [3.05, 3.63) is 70.8 Å². The molecule has 2 atom stereocenters. The Bertz CT molecular complexity index is 987. The summed E-state index contributed by atoms with van der Waals surface area (Å²) in [7, 11) is 0. The van der Waals surface area contributed by atoms with E-state index in [4.69, 9.17) is 0 Å². The standard InChI is InChI=1S/C20H12F6O8/c21-19(22,23)11-5-1-9(2-6-11)17(31)33-13(15(27)28)14(16(29)30)34-18(32)10-3-7-12(8-4-10)20(24,25)26/h1-8,13-14H,(H,27,28)(H,29,30). The van der Waals surface area contributed by atoms with Gasteiger partial charge in [0.1, 0.15) is 0 Å². The number of ether oxygens (including phenoxy) is 2. The van der Waals surface area contributed by atoms with Gasteiger partial charge in [0.2, 0.25) is 12.2 Å². The molecule has 34 heavy (non-hydrogen) atoms. The van der Waals surface area contributed by atoms with Crippen LogP contribution in [0.1, 0.15) is 31.8 Å². The van der Waals surface area contributed by atoms with Gasteiger partial charge in [0, 0.05) is 0 Å². The SMILES string of the molecule is O=C(OC(C(=O)O)C(OC(=O)c1ccc(C(F)(F)F)cc1)C(=O)O)c1ccc(C(F)(F)F)cc1. The summed E-state index contributed by atoms with van der Waals surface area (Å²) in [5.41, 5.74) is -3.41. The molecule has 2 aromatic rings. The molecule has 0 radical (unpaired) electrons. The Kier molecular flexibility index (Phi) is 7.54. The van der Waals surface area contributed by atoms with Crippen LogP contribution in [0.3, 0.4) is 0 Å². The number of rotatable bonds is 7. The summed E-state index contributed by atoms with van der Waals surface area (Å²) in [5, 5.41) is 18.5. The fourth-order valence-corrected chi connectivity index (χ4v) is 2.44. The maximum atomic E-state index is 12.6. The van der Waals surface area contributed by atoms with E-state index < -0.39 is 70.7 Å². The molecule has 0 spiro atoms. The minimum absolute atomic E-state index is 0.492. The van der Waals surface area contributed by atoms with Gasteiger partial charge < -0.3 is 19.7 Å². The third-order valence-corrected chi connectivity index (χ3v) is 4.13. The van der Waals surface area contributed by atoms with Crippen LogP contribution in [0.4, 0.5) is 26.3 Å². The van der Waals surface area contributed by atoms with Crippen molar-refractivity contribution in [2.75, 3.05) is 0 Å². The number of halogens is 6. The van der Waals surface area contributed by atoms with Gasteiger partial charge in [0.05, 0.1) is 22.3 Å². The molecule has 182 valence electrons. The molecule has 8 nitrogen and oxygen atoms in total. The number of aliphatic carboxylic acids is 2. The number of hydrogen-bond acceptors (Lipinski definition) is 6. The van der Waals surface area contributed by atoms with Crippen molar-refractivity contribution in [2.24, 2.45) is 0 Å². The van der Waals surface area contributed by atoms with Gasteiger partial charge in [0.15, 0.2) is 0 Å². The zero-order valence-corrected chi connectivity index (χ0v) is 16.4. The maximum Gasteiger partial charge on any atom is 0.416 e. The summed E-state index contributed by atoms with van der Waals surface area (Å²) in [5.74, 6) is -7.27. The number of esters is 2. The van der Waals surface area contributed by atoms with Gasteiger partial charge in [-0.1, -0.05) is 0 Å². The Morgan fingerprint density at radius 1 is 0.588 bits per heavy atom. The van der Waals surface area contributed by atoms with Crippen molar-refractivity contribution < 1.29 is 65.2 Å². The quantitative estimate of drug-likeness (QED) is 0.441. The molecule has 0 fully saturated rings. The lowest BCUT2D eigenvalue weighted by Crippen LogP contribution is -2.45. The third kappa shape index (κ3) is 6.46. The summed E-state index contributed by atoms with van der Waals surface area (Å²) < 4.78 is 84.7. The molecule has 2 rings (SSSR count). The van der Waals surface area contributed by atoms with E-state index in [2.05, 4.69) is 9.47 Å². The van der Waals surface area contributed by atoms with Gasteiger partial charge in [-0.2, -0.15) is 26.3 Å². The van der Waals surface area contributed by atoms with Crippen LogP contribution in [0, 0.1) is 0 Å². The Morgan fingerprint density at radius 2 is 0.853 bits per heavy atom. The maximum absolute atomic E-state index is 12.6. The highest BCUT2D eigenvalue weighted by Gasteiger charge is 2.41. The highest BCUT2D eigenvalue weighted by molar-refractivity contribution is 5.95. The zero-order chi connectivity index (χ0) is 25.8. The molecule has 0 aliphatic heterocycles. The predicted octanol–water partition coefficient (Wildman–Crippen LogP) is 3.64. The van der Waals surface area contributed by atoms with E-state index >= 15 is 0 Å². The van der Waals surface area contributed by atoms with Crippen LogP contribution in [-0.2, 0) is 31.4 Å². The molecule has 0 aliphatic rings. The third-order valence-electron chi connectivity index (χ3n) is 4.13. The molecular formula is C20H12F6O8. The summed E-state index contributed by atoms with van der Waals surface area (Å²) in [4.78, 5) is 47.2. The number of carboxylic acid groups (broad SMARTS) is 2. The average Bonchev–Trinajstić information content (AvgIpc) is 2.74. The van der Waals surface area contributed by atoms with E-state index in [1.165, 1.54) is 0 Å². The Hall–Kier alpha value is -4.10. The molecule has 0 amide bonds. The van der Waals surface area contributed by atoms with E-state index in [9.17, 15) is 55.7 Å². The molecule has 2 N–H and O–H groups in total. The van der Waals surface area contributed by atoms with Crippen LogP contribution in [0.2, 0.25) is 0 Å². The molecule has 0 bridgehead atoms. The highest BCUT2D eigenvalue weighted by Crippen LogP contribution is 2.30. The van der Waals surface area contributed by atoms with E-state index in [1.54, 1.807) is 0 Å². The molecule has 0 heterocycles. The number of carboxylic acids is 2. The minimum atomic E-state index is -4.73. The summed E-state index contributed by atoms with van der Waals surface area (Å²) in [6, 6.07) is 4.55. The topological polar surface area (TPSA) is 127 Å². The molecule has 0 saturated carbocycles. The fourth-order valence-electron chi connectivity index (χ4n) is 2.44. The largest absolute Gasteiger partial charge is 0.478 e. The monoisotopic (exact) mass is 494 g/mol. The number of carbonyl (C=O) groups excluding carboxylic acids is 2. The first-order chi connectivity index (χ1) is 15.6. The molecule has 2 unspecified atom stereocenters. The molecule has 0 aromatic heterocycles. The number of carbonyl (C=O) groups is 4. The molecular weight excluding hydrogens is 482 g/mol. The van der Waals surface area contributed by atoms with Gasteiger partial charge >= 0.3 is 36.2 Å². The Balaban J connectivity index is 2.22. The minimum Gasteiger partial charge on any atom is -0.478 e. The second kappa shape index (κ2) is 9.80. The number of benzene rings is 2. The summed E-state index contributed by atoms with van der Waals surface area (Å²) in [6.07, 6.45) is -14.8. The van der Waals surface area contributed by atoms with Gasteiger partial charge in [-0.05, 0) is 48.5 Å². The van der Waals surface area contributed by atoms with E-state index in [0.29, 0.717) is 48.5 Å². The van der Waals surface area contributed by atoms with Crippen LogP contribution in [0.15, 0.2) is 48.5 Å². The van der Waals surface area contributed by atoms with Crippen LogP contribution >= 0.6 is 0 Å². The second-order valence-electron chi connectivity index (χ2n) is 6.48. The lowest BCUT2D eigenvalue weighted by atomic mass is 10.1. The summed E-state index contributed by atoms with van der Waals surface area (Å²) >= 11 is 0. The predicted molar refractivity (Wildman–Crippen MR) is 96.6 cm³/mol. The van der Waals surface area contributed by atoms with E-state index in [-0.39, 0.29) is 0 Å². The lowest BCUT2D eigenvalue weighted by Gasteiger charge is -2.21. The van der Waals surface area contributed by atoms with Crippen LogP contribution in [-0.4, -0.2) is 46.3 Å². The molecule has 14 heteroatoms. The van der Waals surface area contributed by atoms with Crippen molar-refractivity contribution in [3.63, 3.8) is 0 Å². The Morgan fingerprint density at radius 3 is 1.06 bits per heavy atom. The first-order valence-electron chi connectivity index (χ1n) is 8.83.